The van der Waals surface area contributed by atoms with Gasteiger partial charge in [0.2, 0.25) is 5.91 Å². The third-order valence-electron chi connectivity index (χ3n) is 11.7. The number of amides is 1. The van der Waals surface area contributed by atoms with Crippen LogP contribution in [0.25, 0.3) is 11.3 Å². The molecule has 5 aromatic rings. The molecule has 15 heteroatoms. The normalized spacial score (nSPS) is 24.5. The van der Waals surface area contributed by atoms with Crippen LogP contribution in [-0.4, -0.2) is 82.9 Å². The van der Waals surface area contributed by atoms with Crippen molar-refractivity contribution in [3.63, 3.8) is 0 Å². The van der Waals surface area contributed by atoms with Crippen molar-refractivity contribution in [1.29, 1.82) is 0 Å². The van der Waals surface area contributed by atoms with Crippen LogP contribution < -0.4 is 0 Å². The summed E-state index contributed by atoms with van der Waals surface area (Å²) in [6.45, 7) is 0.765. The van der Waals surface area contributed by atoms with Crippen molar-refractivity contribution < 1.29 is 45.3 Å². The molecule has 3 saturated heterocycles. The fourth-order valence-electron chi connectivity index (χ4n) is 8.59. The van der Waals surface area contributed by atoms with E-state index in [-0.39, 0.29) is 74.0 Å². The van der Waals surface area contributed by atoms with Crippen LogP contribution in [0.1, 0.15) is 54.8 Å². The van der Waals surface area contributed by atoms with Crippen molar-refractivity contribution in [1.82, 2.24) is 19.9 Å². The van der Waals surface area contributed by atoms with Crippen molar-refractivity contribution in [2.24, 2.45) is 5.92 Å². The molecule has 1 aromatic heterocycles. The molecule has 0 bridgehead atoms. The van der Waals surface area contributed by atoms with E-state index in [1.807, 2.05) is 91.0 Å². The lowest BCUT2D eigenvalue weighted by atomic mass is 9.81. The zero-order valence-electron chi connectivity index (χ0n) is 33.0. The predicted octanol–water partition coefficient (Wildman–Crippen LogP) is 7.22. The van der Waals surface area contributed by atoms with Gasteiger partial charge in [-0.2, -0.15) is 0 Å². The highest BCUT2D eigenvalue weighted by molar-refractivity contribution is 7.91. The molecule has 8 rings (SSSR count). The fourth-order valence-corrected chi connectivity index (χ4v) is 10.2. The molecular formula is C45H47F3N4O7S. The Kier molecular flexibility index (Phi) is 12.8. The number of sulfone groups is 1. The summed E-state index contributed by atoms with van der Waals surface area (Å²) in [7, 11) is -3.18. The molecule has 0 N–H and O–H groups in total. The van der Waals surface area contributed by atoms with Gasteiger partial charge in [-0.15, -0.1) is 5.10 Å². The highest BCUT2D eigenvalue weighted by Crippen LogP contribution is 2.48. The van der Waals surface area contributed by atoms with Crippen LogP contribution in [0, 0.1) is 23.4 Å². The molecule has 3 aliphatic rings. The van der Waals surface area contributed by atoms with Gasteiger partial charge in [0, 0.05) is 18.5 Å². The molecule has 4 aromatic carbocycles. The number of ether oxygens (including phenoxy) is 4. The maximum atomic E-state index is 14.6. The van der Waals surface area contributed by atoms with E-state index in [4.69, 9.17) is 18.9 Å². The van der Waals surface area contributed by atoms with Gasteiger partial charge in [0.05, 0.1) is 44.1 Å². The van der Waals surface area contributed by atoms with Crippen molar-refractivity contribution in [3.05, 3.63) is 143 Å². The van der Waals surface area contributed by atoms with Crippen LogP contribution in [-0.2, 0) is 53.4 Å². The van der Waals surface area contributed by atoms with Gasteiger partial charge >= 0.3 is 0 Å². The Balaban J connectivity index is 1.25. The third kappa shape index (κ3) is 9.35. The van der Waals surface area contributed by atoms with Crippen molar-refractivity contribution in [2.75, 3.05) is 24.7 Å². The van der Waals surface area contributed by atoms with Gasteiger partial charge in [0.15, 0.2) is 23.2 Å². The minimum absolute atomic E-state index is 0.0254. The standard InChI is InChI=1S/C45H47F3N4O7S/c46-36-23-35(24-37(47)41(36)48)38-26-52(50-49-38)42-43(57-28-33-13-6-2-7-14-33)39(30-56-27-32-11-4-1-5-12-32)59-45(44(42)58-29-34-15-8-3-9-16-34)20-10-17-40(53)51(45)25-31-18-21-60(54,55)22-19-31/h1-9,11-16,23-24,26,31,39,42-44H,10,17-22,25,27-30H2/t39-,42-,43+,44+,45?/m1/s1. The molecule has 60 heavy (non-hydrogen) atoms. The molecule has 1 amide bonds. The van der Waals surface area contributed by atoms with Crippen molar-refractivity contribution >= 4 is 15.7 Å². The molecule has 11 nitrogen and oxygen atoms in total. The van der Waals surface area contributed by atoms with E-state index in [1.165, 1.54) is 10.9 Å². The van der Waals surface area contributed by atoms with Gasteiger partial charge in [0.25, 0.3) is 0 Å². The average molecular weight is 845 g/mol. The van der Waals surface area contributed by atoms with E-state index in [1.54, 1.807) is 4.90 Å². The van der Waals surface area contributed by atoms with Crippen LogP contribution in [0.3, 0.4) is 0 Å². The lowest BCUT2D eigenvalue weighted by Crippen LogP contribution is -2.72. The number of hydrogen-bond donors (Lipinski definition) is 0. The van der Waals surface area contributed by atoms with E-state index >= 15 is 0 Å². The summed E-state index contributed by atoms with van der Waals surface area (Å²) in [6.07, 6.45) is 0.676. The molecule has 3 fully saturated rings. The van der Waals surface area contributed by atoms with Crippen molar-refractivity contribution in [2.45, 2.75) is 82.0 Å². The van der Waals surface area contributed by atoms with E-state index in [0.717, 1.165) is 28.8 Å². The average Bonchev–Trinajstić information content (AvgIpc) is 3.75. The fraction of sp³-hybridized carbons (Fsp3) is 0.400. The number of likely N-dealkylation sites (tertiary alicyclic amines) is 1. The molecule has 5 atom stereocenters. The number of hydrogen-bond acceptors (Lipinski definition) is 9. The predicted molar refractivity (Wildman–Crippen MR) is 215 cm³/mol. The van der Waals surface area contributed by atoms with Crippen LogP contribution in [0.2, 0.25) is 0 Å². The summed E-state index contributed by atoms with van der Waals surface area (Å²) in [5.41, 5.74) is 1.26. The minimum atomic E-state index is -3.18. The molecule has 1 spiro atoms. The lowest BCUT2D eigenvalue weighted by molar-refractivity contribution is -0.328. The summed E-state index contributed by atoms with van der Waals surface area (Å²) in [4.78, 5) is 16.1. The Bertz CT molecular complexity index is 2300. The van der Waals surface area contributed by atoms with Crippen LogP contribution in [0.4, 0.5) is 13.2 Å². The number of nitrogens with zero attached hydrogens (tertiary/aromatic N) is 4. The number of carbonyl (C=O) groups is 1. The van der Waals surface area contributed by atoms with Crippen LogP contribution >= 0.6 is 0 Å². The van der Waals surface area contributed by atoms with Gasteiger partial charge in [-0.05, 0) is 60.4 Å². The minimum Gasteiger partial charge on any atom is -0.374 e. The molecular weight excluding hydrogens is 798 g/mol. The second-order valence-corrected chi connectivity index (χ2v) is 18.1. The molecule has 3 aliphatic heterocycles. The SMILES string of the molecule is O=C1CCCC2(O[C@H](COCc3ccccc3)[C@H](OCc3ccccc3)[C@@H](n3cc(-c4cc(F)c(F)c(F)c4)nn3)[C@@H]2OCc2ccccc2)N1CC1CCS(=O)(=O)CC1. The maximum Gasteiger partial charge on any atom is 0.224 e. The topological polar surface area (TPSA) is 122 Å². The first kappa shape index (κ1) is 41.8. The molecule has 316 valence electrons. The summed E-state index contributed by atoms with van der Waals surface area (Å²) in [5.74, 6) is -4.57. The van der Waals surface area contributed by atoms with Crippen LogP contribution in [0.15, 0.2) is 109 Å². The number of rotatable bonds is 14. The summed E-state index contributed by atoms with van der Waals surface area (Å²) in [5, 5.41) is 8.84. The second-order valence-electron chi connectivity index (χ2n) is 15.8. The van der Waals surface area contributed by atoms with E-state index in [9.17, 15) is 26.4 Å². The number of carbonyl (C=O) groups excluding carboxylic acids is 1. The van der Waals surface area contributed by atoms with Crippen LogP contribution in [0.5, 0.6) is 0 Å². The van der Waals surface area contributed by atoms with E-state index in [2.05, 4.69) is 10.3 Å². The van der Waals surface area contributed by atoms with Gasteiger partial charge < -0.3 is 23.8 Å². The third-order valence-corrected chi connectivity index (χ3v) is 13.4. The second kappa shape index (κ2) is 18.4. The Hall–Kier alpha value is -4.93. The Labute approximate surface area is 347 Å². The first-order valence-corrected chi connectivity index (χ1v) is 22.1. The Morgan fingerprint density at radius 3 is 2.00 bits per heavy atom. The van der Waals surface area contributed by atoms with E-state index < -0.39 is 57.4 Å². The summed E-state index contributed by atoms with van der Waals surface area (Å²) >= 11 is 0. The zero-order chi connectivity index (χ0) is 41.7. The highest BCUT2D eigenvalue weighted by Gasteiger charge is 2.62. The quantitative estimate of drug-likeness (QED) is 0.107. The molecule has 0 radical (unpaired) electrons. The Morgan fingerprint density at radius 1 is 0.800 bits per heavy atom. The number of aromatic nitrogens is 3. The molecule has 1 unspecified atom stereocenters. The van der Waals surface area contributed by atoms with E-state index in [0.29, 0.717) is 25.7 Å². The first-order chi connectivity index (χ1) is 29.1. The van der Waals surface area contributed by atoms with Crippen molar-refractivity contribution in [3.8, 4) is 11.3 Å². The summed E-state index contributed by atoms with van der Waals surface area (Å²) < 4.78 is 97.3. The number of halogens is 3. The highest BCUT2D eigenvalue weighted by atomic mass is 32.2. The first-order valence-electron chi connectivity index (χ1n) is 20.3. The number of piperidine rings is 1. The molecule has 4 heterocycles. The molecule has 0 aliphatic carbocycles. The van der Waals surface area contributed by atoms with Gasteiger partial charge in [0.1, 0.15) is 39.9 Å². The zero-order valence-corrected chi connectivity index (χ0v) is 33.8. The smallest absolute Gasteiger partial charge is 0.224 e. The largest absolute Gasteiger partial charge is 0.374 e. The Morgan fingerprint density at radius 2 is 1.38 bits per heavy atom. The van der Waals surface area contributed by atoms with Gasteiger partial charge in [-0.1, -0.05) is 96.2 Å². The molecule has 0 saturated carbocycles. The van der Waals surface area contributed by atoms with Gasteiger partial charge in [-0.3, -0.25) is 4.79 Å². The maximum absolute atomic E-state index is 14.6. The monoisotopic (exact) mass is 844 g/mol. The summed E-state index contributed by atoms with van der Waals surface area (Å²) in [6, 6.07) is 29.6. The number of benzene rings is 4. The van der Waals surface area contributed by atoms with Gasteiger partial charge in [-0.25, -0.2) is 26.3 Å². The lowest BCUT2D eigenvalue weighted by Gasteiger charge is -2.58.